The lowest BCUT2D eigenvalue weighted by Gasteiger charge is -2.11. The summed E-state index contributed by atoms with van der Waals surface area (Å²) in [6.45, 7) is 6.73. The Kier molecular flexibility index (Phi) is 10.6. The van der Waals surface area contributed by atoms with E-state index >= 15 is 0 Å². The number of ether oxygens (including phenoxy) is 1. The van der Waals surface area contributed by atoms with E-state index in [0.717, 1.165) is 0 Å². The predicted octanol–water partition coefficient (Wildman–Crippen LogP) is 0.347. The first-order chi connectivity index (χ1) is 6.87. The molecule has 1 atom stereocenters. The van der Waals surface area contributed by atoms with Crippen molar-refractivity contribution in [2.75, 3.05) is 25.4 Å². The minimum atomic E-state index is -3.21. The average molecular weight is 275 g/mol. The number of hydrogen-bond acceptors (Lipinski definition) is 4. The molecule has 0 spiro atoms. The molecule has 0 aliphatic heterocycles. The molecule has 0 aromatic rings. The van der Waals surface area contributed by atoms with Gasteiger partial charge in [0.15, 0.2) is 0 Å². The molecule has 5 nitrogen and oxygen atoms in total. The molecule has 16 heavy (non-hydrogen) atoms. The van der Waals surface area contributed by atoms with Crippen molar-refractivity contribution in [1.82, 2.24) is 4.72 Å². The fourth-order valence-corrected chi connectivity index (χ4v) is 1.82. The summed E-state index contributed by atoms with van der Waals surface area (Å²) in [6.07, 6.45) is 0.0585. The van der Waals surface area contributed by atoms with Crippen molar-refractivity contribution < 1.29 is 13.2 Å². The Balaban J connectivity index is 0. The van der Waals surface area contributed by atoms with Crippen LogP contribution >= 0.6 is 12.4 Å². The molecule has 0 bridgehead atoms. The van der Waals surface area contributed by atoms with Gasteiger partial charge in [0.2, 0.25) is 10.0 Å². The Morgan fingerprint density at radius 3 is 2.31 bits per heavy atom. The fourth-order valence-electron chi connectivity index (χ4n) is 0.818. The van der Waals surface area contributed by atoms with Gasteiger partial charge in [-0.05, 0) is 26.3 Å². The SMILES string of the molecule is CC(CN)CNS(=O)(=O)CCOC(C)C.Cl. The third-order valence-electron chi connectivity index (χ3n) is 1.86. The summed E-state index contributed by atoms with van der Waals surface area (Å²) >= 11 is 0. The van der Waals surface area contributed by atoms with E-state index in [2.05, 4.69) is 4.72 Å². The zero-order chi connectivity index (χ0) is 11.9. The number of nitrogens with one attached hydrogen (secondary N) is 1. The lowest BCUT2D eigenvalue weighted by atomic mass is 10.2. The van der Waals surface area contributed by atoms with Crippen LogP contribution in [0.15, 0.2) is 0 Å². The van der Waals surface area contributed by atoms with Crippen molar-refractivity contribution in [3.63, 3.8) is 0 Å². The third kappa shape index (κ3) is 10.6. The second kappa shape index (κ2) is 9.18. The van der Waals surface area contributed by atoms with Crippen LogP contribution in [0.5, 0.6) is 0 Å². The van der Waals surface area contributed by atoms with Crippen molar-refractivity contribution in [3.8, 4) is 0 Å². The number of hydrogen-bond donors (Lipinski definition) is 2. The van der Waals surface area contributed by atoms with Crippen LogP contribution in [0.3, 0.4) is 0 Å². The van der Waals surface area contributed by atoms with Gasteiger partial charge in [-0.2, -0.15) is 0 Å². The third-order valence-corrected chi connectivity index (χ3v) is 3.17. The molecule has 0 aliphatic carbocycles. The highest BCUT2D eigenvalue weighted by atomic mass is 35.5. The van der Waals surface area contributed by atoms with Crippen LogP contribution in [0, 0.1) is 5.92 Å². The lowest BCUT2D eigenvalue weighted by molar-refractivity contribution is 0.0911. The van der Waals surface area contributed by atoms with Gasteiger partial charge in [-0.15, -0.1) is 12.4 Å². The minimum absolute atomic E-state index is 0. The maximum atomic E-state index is 11.4. The van der Waals surface area contributed by atoms with Gasteiger partial charge < -0.3 is 10.5 Å². The molecule has 0 saturated heterocycles. The maximum absolute atomic E-state index is 11.4. The molecular weight excluding hydrogens is 252 g/mol. The van der Waals surface area contributed by atoms with Crippen molar-refractivity contribution >= 4 is 22.4 Å². The second-order valence-electron chi connectivity index (χ2n) is 3.93. The molecule has 0 rings (SSSR count). The second-order valence-corrected chi connectivity index (χ2v) is 5.85. The van der Waals surface area contributed by atoms with E-state index in [-0.39, 0.29) is 36.8 Å². The molecule has 0 amide bonds. The number of nitrogens with two attached hydrogens (primary N) is 1. The highest BCUT2D eigenvalue weighted by molar-refractivity contribution is 7.89. The average Bonchev–Trinajstić information content (AvgIpc) is 2.13. The van der Waals surface area contributed by atoms with Crippen LogP contribution in [0.1, 0.15) is 20.8 Å². The minimum Gasteiger partial charge on any atom is -0.378 e. The predicted molar refractivity (Wildman–Crippen MR) is 68.3 cm³/mol. The molecule has 1 unspecified atom stereocenters. The molecule has 0 aliphatic rings. The smallest absolute Gasteiger partial charge is 0.213 e. The number of rotatable bonds is 8. The van der Waals surface area contributed by atoms with Gasteiger partial charge in [-0.25, -0.2) is 13.1 Å². The van der Waals surface area contributed by atoms with Crippen molar-refractivity contribution in [2.24, 2.45) is 11.7 Å². The van der Waals surface area contributed by atoms with E-state index in [1.165, 1.54) is 0 Å². The van der Waals surface area contributed by atoms with Gasteiger partial charge in [0.25, 0.3) is 0 Å². The molecule has 0 aromatic heterocycles. The van der Waals surface area contributed by atoms with Crippen LogP contribution in [0.25, 0.3) is 0 Å². The van der Waals surface area contributed by atoms with Crippen LogP contribution in [0.2, 0.25) is 0 Å². The lowest BCUT2D eigenvalue weighted by Crippen LogP contribution is -2.34. The molecule has 3 N–H and O–H groups in total. The summed E-state index contributed by atoms with van der Waals surface area (Å²) in [6, 6.07) is 0. The summed E-state index contributed by atoms with van der Waals surface area (Å²) < 4.78 is 30.5. The monoisotopic (exact) mass is 274 g/mol. The summed E-state index contributed by atoms with van der Waals surface area (Å²) in [5.74, 6) is 0.161. The maximum Gasteiger partial charge on any atom is 0.213 e. The van der Waals surface area contributed by atoms with Crippen molar-refractivity contribution in [1.29, 1.82) is 0 Å². The topological polar surface area (TPSA) is 81.4 Å². The van der Waals surface area contributed by atoms with Gasteiger partial charge in [0.1, 0.15) is 0 Å². The Hall–Kier alpha value is 0.120. The molecule has 0 heterocycles. The normalized spacial score (nSPS) is 13.6. The summed E-state index contributed by atoms with van der Waals surface area (Å²) in [4.78, 5) is 0. The van der Waals surface area contributed by atoms with Crippen molar-refractivity contribution in [3.05, 3.63) is 0 Å². The van der Waals surface area contributed by atoms with E-state index in [9.17, 15) is 8.42 Å². The van der Waals surface area contributed by atoms with Gasteiger partial charge in [0.05, 0.1) is 18.5 Å². The first-order valence-corrected chi connectivity index (χ1v) is 6.81. The van der Waals surface area contributed by atoms with Gasteiger partial charge in [-0.3, -0.25) is 0 Å². The first-order valence-electron chi connectivity index (χ1n) is 5.16. The van der Waals surface area contributed by atoms with E-state index < -0.39 is 10.0 Å². The molecule has 0 saturated carbocycles. The number of sulfonamides is 1. The fraction of sp³-hybridized carbons (Fsp3) is 1.00. The Morgan fingerprint density at radius 1 is 1.31 bits per heavy atom. The van der Waals surface area contributed by atoms with Gasteiger partial charge in [0, 0.05) is 6.54 Å². The zero-order valence-corrected chi connectivity index (χ0v) is 11.7. The Bertz CT molecular complexity index is 257. The zero-order valence-electron chi connectivity index (χ0n) is 10.1. The Labute approximate surface area is 105 Å². The number of halogens is 1. The molecule has 100 valence electrons. The van der Waals surface area contributed by atoms with Crippen molar-refractivity contribution in [2.45, 2.75) is 26.9 Å². The highest BCUT2D eigenvalue weighted by Gasteiger charge is 2.11. The molecule has 0 aromatic carbocycles. The van der Waals surface area contributed by atoms with E-state index in [1.807, 2.05) is 20.8 Å². The summed E-state index contributed by atoms with van der Waals surface area (Å²) in [7, 11) is -3.21. The van der Waals surface area contributed by atoms with E-state index in [1.54, 1.807) is 0 Å². The molecule has 7 heteroatoms. The molecular formula is C9H23ClN2O3S. The largest absolute Gasteiger partial charge is 0.378 e. The van der Waals surface area contributed by atoms with Gasteiger partial charge >= 0.3 is 0 Å². The molecule has 0 fully saturated rings. The molecule has 0 radical (unpaired) electrons. The quantitative estimate of drug-likeness (QED) is 0.669. The highest BCUT2D eigenvalue weighted by Crippen LogP contribution is 1.93. The standard InChI is InChI=1S/C9H22N2O3S.ClH/c1-8(2)14-4-5-15(12,13)11-7-9(3)6-10;/h8-9,11H,4-7,10H2,1-3H3;1H. The van der Waals surface area contributed by atoms with Crippen LogP contribution in [-0.4, -0.2) is 40.0 Å². The van der Waals surface area contributed by atoms with Crippen LogP contribution < -0.4 is 10.5 Å². The van der Waals surface area contributed by atoms with E-state index in [4.69, 9.17) is 10.5 Å². The summed E-state index contributed by atoms with van der Waals surface area (Å²) in [5, 5.41) is 0. The first kappa shape index (κ1) is 18.5. The Morgan fingerprint density at radius 2 is 1.88 bits per heavy atom. The van der Waals surface area contributed by atoms with Gasteiger partial charge in [-0.1, -0.05) is 6.92 Å². The van der Waals surface area contributed by atoms with Crippen LogP contribution in [0.4, 0.5) is 0 Å². The summed E-state index contributed by atoms with van der Waals surface area (Å²) in [5.41, 5.74) is 5.38. The van der Waals surface area contributed by atoms with Crippen LogP contribution in [-0.2, 0) is 14.8 Å². The van der Waals surface area contributed by atoms with E-state index in [0.29, 0.717) is 13.1 Å².